The number of carbonyl (C=O) groups is 1. The van der Waals surface area contributed by atoms with Crippen molar-refractivity contribution in [2.24, 2.45) is 5.41 Å². The maximum absolute atomic E-state index is 11.3. The SMILES string of the molecule is CC(=O)N1CC2(CCN(c3ccc(C)cn3)CC2)C1. The Morgan fingerprint density at radius 2 is 1.95 bits per heavy atom. The third kappa shape index (κ3) is 2.31. The molecule has 1 amide bonds. The van der Waals surface area contributed by atoms with E-state index in [0.29, 0.717) is 5.41 Å². The molecule has 2 fully saturated rings. The van der Waals surface area contributed by atoms with Gasteiger partial charge in [0, 0.05) is 44.7 Å². The first-order valence-electron chi connectivity index (χ1n) is 7.01. The van der Waals surface area contributed by atoms with Gasteiger partial charge in [0.15, 0.2) is 0 Å². The fourth-order valence-corrected chi connectivity index (χ4v) is 3.16. The number of nitrogens with zero attached hydrogens (tertiary/aromatic N) is 3. The second kappa shape index (κ2) is 4.51. The molecule has 1 aromatic heterocycles. The van der Waals surface area contributed by atoms with Gasteiger partial charge in [0.1, 0.15) is 5.82 Å². The highest BCUT2D eigenvalue weighted by atomic mass is 16.2. The van der Waals surface area contributed by atoms with Crippen LogP contribution in [0.4, 0.5) is 5.82 Å². The van der Waals surface area contributed by atoms with E-state index in [1.807, 2.05) is 11.1 Å². The van der Waals surface area contributed by atoms with Crippen LogP contribution in [0.2, 0.25) is 0 Å². The van der Waals surface area contributed by atoms with Crippen molar-refractivity contribution in [3.8, 4) is 0 Å². The Morgan fingerprint density at radius 3 is 2.47 bits per heavy atom. The van der Waals surface area contributed by atoms with Crippen LogP contribution < -0.4 is 4.90 Å². The van der Waals surface area contributed by atoms with E-state index < -0.39 is 0 Å². The van der Waals surface area contributed by atoms with Crippen molar-refractivity contribution < 1.29 is 4.79 Å². The van der Waals surface area contributed by atoms with E-state index in [-0.39, 0.29) is 5.91 Å². The zero-order chi connectivity index (χ0) is 13.5. The second-order valence-corrected chi connectivity index (χ2v) is 6.06. The maximum Gasteiger partial charge on any atom is 0.219 e. The van der Waals surface area contributed by atoms with Gasteiger partial charge in [0.25, 0.3) is 0 Å². The molecule has 1 spiro atoms. The quantitative estimate of drug-likeness (QED) is 0.772. The number of rotatable bonds is 1. The minimum Gasteiger partial charge on any atom is -0.357 e. The smallest absolute Gasteiger partial charge is 0.219 e. The Morgan fingerprint density at radius 1 is 1.26 bits per heavy atom. The zero-order valence-corrected chi connectivity index (χ0v) is 11.7. The number of pyridine rings is 1. The molecule has 0 aromatic carbocycles. The summed E-state index contributed by atoms with van der Waals surface area (Å²) in [6, 6.07) is 4.23. The van der Waals surface area contributed by atoms with Gasteiger partial charge >= 0.3 is 0 Å². The lowest BCUT2D eigenvalue weighted by atomic mass is 9.72. The summed E-state index contributed by atoms with van der Waals surface area (Å²) >= 11 is 0. The first-order chi connectivity index (χ1) is 9.08. The van der Waals surface area contributed by atoms with Crippen LogP contribution in [0.1, 0.15) is 25.3 Å². The molecule has 0 N–H and O–H groups in total. The average molecular weight is 259 g/mol. The highest BCUT2D eigenvalue weighted by Crippen LogP contribution is 2.40. The molecule has 0 bridgehead atoms. The van der Waals surface area contributed by atoms with Gasteiger partial charge in [-0.25, -0.2) is 4.98 Å². The van der Waals surface area contributed by atoms with Crippen LogP contribution in [0.5, 0.6) is 0 Å². The molecule has 3 heterocycles. The third-order valence-electron chi connectivity index (χ3n) is 4.54. The van der Waals surface area contributed by atoms with Gasteiger partial charge in [-0.3, -0.25) is 4.79 Å². The molecule has 3 rings (SSSR count). The normalized spacial score (nSPS) is 21.4. The number of hydrogen-bond donors (Lipinski definition) is 0. The second-order valence-electron chi connectivity index (χ2n) is 6.06. The predicted molar refractivity (Wildman–Crippen MR) is 75.1 cm³/mol. The summed E-state index contributed by atoms with van der Waals surface area (Å²) in [5.41, 5.74) is 1.60. The van der Waals surface area contributed by atoms with Crippen molar-refractivity contribution in [1.29, 1.82) is 0 Å². The highest BCUT2D eigenvalue weighted by Gasteiger charge is 2.45. The van der Waals surface area contributed by atoms with E-state index in [0.717, 1.165) is 32.0 Å². The molecule has 1 aromatic rings. The summed E-state index contributed by atoms with van der Waals surface area (Å²) in [6.07, 6.45) is 4.28. The molecule has 4 nitrogen and oxygen atoms in total. The average Bonchev–Trinajstić information content (AvgIpc) is 2.37. The molecule has 4 heteroatoms. The van der Waals surface area contributed by atoms with Crippen LogP contribution >= 0.6 is 0 Å². The first kappa shape index (κ1) is 12.5. The molecule has 2 aliphatic rings. The number of piperidine rings is 1. The summed E-state index contributed by atoms with van der Waals surface area (Å²) in [5.74, 6) is 1.30. The predicted octanol–water partition coefficient (Wildman–Crippen LogP) is 1.84. The van der Waals surface area contributed by atoms with Crippen molar-refractivity contribution in [3.63, 3.8) is 0 Å². The van der Waals surface area contributed by atoms with Crippen molar-refractivity contribution >= 4 is 11.7 Å². The summed E-state index contributed by atoms with van der Waals surface area (Å²) in [7, 11) is 0. The van der Waals surface area contributed by atoms with Crippen LogP contribution in [0.3, 0.4) is 0 Å². The van der Waals surface area contributed by atoms with Gasteiger partial charge in [-0.15, -0.1) is 0 Å². The molecule has 19 heavy (non-hydrogen) atoms. The molecule has 102 valence electrons. The van der Waals surface area contributed by atoms with Gasteiger partial charge < -0.3 is 9.80 Å². The molecule has 0 atom stereocenters. The third-order valence-corrected chi connectivity index (χ3v) is 4.54. The number of carbonyl (C=O) groups excluding carboxylic acids is 1. The molecular weight excluding hydrogens is 238 g/mol. The first-order valence-corrected chi connectivity index (χ1v) is 7.01. The highest BCUT2D eigenvalue weighted by molar-refractivity contribution is 5.74. The number of likely N-dealkylation sites (tertiary alicyclic amines) is 1. The van der Waals surface area contributed by atoms with Crippen molar-refractivity contribution in [2.45, 2.75) is 26.7 Å². The fourth-order valence-electron chi connectivity index (χ4n) is 3.16. The van der Waals surface area contributed by atoms with Gasteiger partial charge in [-0.05, 0) is 31.4 Å². The number of aryl methyl sites for hydroxylation is 1. The standard InChI is InChI=1S/C15H21N3O/c1-12-3-4-14(16-9-12)17-7-5-15(6-8-17)10-18(11-15)13(2)19/h3-4,9H,5-8,10-11H2,1-2H3. The van der Waals surface area contributed by atoms with Gasteiger partial charge in [-0.2, -0.15) is 0 Å². The van der Waals surface area contributed by atoms with Crippen molar-refractivity contribution in [1.82, 2.24) is 9.88 Å². The van der Waals surface area contributed by atoms with E-state index in [1.165, 1.54) is 18.4 Å². The summed E-state index contributed by atoms with van der Waals surface area (Å²) in [5, 5.41) is 0. The van der Waals surface area contributed by atoms with Gasteiger partial charge in [-0.1, -0.05) is 6.07 Å². The lowest BCUT2D eigenvalue weighted by molar-refractivity contribution is -0.142. The molecule has 0 unspecified atom stereocenters. The lowest BCUT2D eigenvalue weighted by Crippen LogP contribution is -2.61. The Bertz CT molecular complexity index is 467. The topological polar surface area (TPSA) is 36.4 Å². The Kier molecular flexibility index (Phi) is 2.96. The summed E-state index contributed by atoms with van der Waals surface area (Å²) < 4.78 is 0. The minimum absolute atomic E-state index is 0.216. The van der Waals surface area contributed by atoms with Gasteiger partial charge in [0.2, 0.25) is 5.91 Å². The van der Waals surface area contributed by atoms with Crippen molar-refractivity contribution in [2.75, 3.05) is 31.1 Å². The molecule has 2 saturated heterocycles. The number of anilines is 1. The van der Waals surface area contributed by atoms with Crippen LogP contribution in [-0.2, 0) is 4.79 Å². The molecule has 0 aliphatic carbocycles. The molecular formula is C15H21N3O. The largest absolute Gasteiger partial charge is 0.357 e. The van der Waals surface area contributed by atoms with E-state index in [4.69, 9.17) is 0 Å². The van der Waals surface area contributed by atoms with Gasteiger partial charge in [0.05, 0.1) is 0 Å². The Balaban J connectivity index is 1.58. The van der Waals surface area contributed by atoms with Crippen LogP contribution in [0.25, 0.3) is 0 Å². The Labute approximate surface area is 114 Å². The number of aromatic nitrogens is 1. The van der Waals surface area contributed by atoms with Crippen molar-refractivity contribution in [3.05, 3.63) is 23.9 Å². The Hall–Kier alpha value is -1.58. The fraction of sp³-hybridized carbons (Fsp3) is 0.600. The number of hydrogen-bond acceptors (Lipinski definition) is 3. The van der Waals surface area contributed by atoms with Crippen LogP contribution in [-0.4, -0.2) is 42.0 Å². The minimum atomic E-state index is 0.216. The zero-order valence-electron chi connectivity index (χ0n) is 11.7. The van der Waals surface area contributed by atoms with E-state index in [1.54, 1.807) is 6.92 Å². The molecule has 2 aliphatic heterocycles. The number of amides is 1. The van der Waals surface area contributed by atoms with Crippen LogP contribution in [0, 0.1) is 12.3 Å². The van der Waals surface area contributed by atoms with E-state index in [2.05, 4.69) is 28.9 Å². The maximum atomic E-state index is 11.3. The molecule has 0 radical (unpaired) electrons. The van der Waals surface area contributed by atoms with E-state index in [9.17, 15) is 4.79 Å². The molecule has 0 saturated carbocycles. The van der Waals surface area contributed by atoms with E-state index >= 15 is 0 Å². The monoisotopic (exact) mass is 259 g/mol. The summed E-state index contributed by atoms with van der Waals surface area (Å²) in [6.45, 7) is 7.75. The summed E-state index contributed by atoms with van der Waals surface area (Å²) in [4.78, 5) is 20.1. The lowest BCUT2D eigenvalue weighted by Gasteiger charge is -2.53. The van der Waals surface area contributed by atoms with Crippen LogP contribution in [0.15, 0.2) is 18.3 Å².